The molecule has 55 heavy (non-hydrogen) atoms. The summed E-state index contributed by atoms with van der Waals surface area (Å²) in [6, 6.07) is 26.2. The van der Waals surface area contributed by atoms with E-state index >= 15 is 0 Å². The summed E-state index contributed by atoms with van der Waals surface area (Å²) in [6.45, 7) is 4.65. The van der Waals surface area contributed by atoms with Crippen molar-refractivity contribution in [3.05, 3.63) is 125 Å². The Labute approximate surface area is 317 Å². The first-order valence-corrected chi connectivity index (χ1v) is 17.2. The molecule has 0 spiro atoms. The lowest BCUT2D eigenvalue weighted by Gasteiger charge is -2.09. The maximum absolute atomic E-state index is 13.9. The van der Waals surface area contributed by atoms with Gasteiger partial charge >= 0.3 is 5.97 Å². The van der Waals surface area contributed by atoms with E-state index in [1.165, 1.54) is 39.4 Å². The lowest BCUT2D eigenvalue weighted by Crippen LogP contribution is -2.19. The van der Waals surface area contributed by atoms with Crippen LogP contribution in [0, 0.1) is 0 Å². The number of aromatic nitrogens is 6. The van der Waals surface area contributed by atoms with Crippen LogP contribution in [-0.2, 0) is 24.4 Å². The molecule has 286 valence electrons. The average Bonchev–Trinajstić information content (AvgIpc) is 3.92. The molecular formula is C39H43N9O7. The number of nitrogen functional groups attached to an aromatic ring is 1. The summed E-state index contributed by atoms with van der Waals surface area (Å²) in [6.07, 6.45) is 0. The summed E-state index contributed by atoms with van der Waals surface area (Å²) in [5.74, 6) is 0.642. The van der Waals surface area contributed by atoms with Gasteiger partial charge in [-0.3, -0.25) is 23.6 Å². The molecule has 0 atom stereocenters. The second-order valence-corrected chi connectivity index (χ2v) is 11.7. The topological polar surface area (TPSA) is 192 Å². The molecule has 3 aromatic heterocycles. The van der Waals surface area contributed by atoms with Crippen molar-refractivity contribution in [2.75, 3.05) is 44.8 Å². The molecule has 6 rings (SSSR count). The van der Waals surface area contributed by atoms with E-state index in [0.29, 0.717) is 17.2 Å². The van der Waals surface area contributed by atoms with Gasteiger partial charge in [0.2, 0.25) is 0 Å². The Morgan fingerprint density at radius 3 is 1.27 bits per heavy atom. The Bertz CT molecular complexity index is 2220. The second-order valence-electron chi connectivity index (χ2n) is 11.7. The number of amides is 2. The van der Waals surface area contributed by atoms with Crippen molar-refractivity contribution in [3.8, 4) is 17.2 Å². The highest BCUT2D eigenvalue weighted by Gasteiger charge is 2.23. The first kappa shape index (κ1) is 39.1. The number of rotatable bonds is 14. The van der Waals surface area contributed by atoms with Gasteiger partial charge in [-0.05, 0) is 53.1 Å². The van der Waals surface area contributed by atoms with E-state index in [9.17, 15) is 14.4 Å². The van der Waals surface area contributed by atoms with E-state index in [4.69, 9.17) is 24.7 Å². The van der Waals surface area contributed by atoms with Crippen molar-refractivity contribution < 1.29 is 33.3 Å². The molecule has 0 saturated carbocycles. The van der Waals surface area contributed by atoms with Crippen LogP contribution < -0.4 is 30.6 Å². The molecule has 4 N–H and O–H groups in total. The van der Waals surface area contributed by atoms with E-state index < -0.39 is 17.8 Å². The SMILES string of the molecule is CC.COC(=O)c1cc(NC(=O)c2cc(NC(=O)c3cc(N)nn3Cc3ccc(OC)cc3)nn2Cc2ccc(OC)cc2)nn1Cc1ccc(OC)cc1. The van der Waals surface area contributed by atoms with E-state index in [-0.39, 0.29) is 54.2 Å². The third-order valence-corrected chi connectivity index (χ3v) is 8.18. The molecule has 6 aromatic rings. The van der Waals surface area contributed by atoms with E-state index in [1.54, 1.807) is 45.6 Å². The average molecular weight is 750 g/mol. The van der Waals surface area contributed by atoms with Gasteiger partial charge in [0, 0.05) is 18.2 Å². The summed E-state index contributed by atoms with van der Waals surface area (Å²) in [5.41, 5.74) is 8.93. The minimum absolute atomic E-state index is 0.101. The van der Waals surface area contributed by atoms with Crippen molar-refractivity contribution >= 4 is 35.2 Å². The molecule has 0 bridgehead atoms. The molecule has 0 aliphatic carbocycles. The fourth-order valence-electron chi connectivity index (χ4n) is 5.46. The highest BCUT2D eigenvalue weighted by Crippen LogP contribution is 2.21. The van der Waals surface area contributed by atoms with Crippen LogP contribution in [0.25, 0.3) is 0 Å². The van der Waals surface area contributed by atoms with Crippen molar-refractivity contribution in [1.82, 2.24) is 29.3 Å². The number of hydrogen-bond acceptors (Lipinski definition) is 11. The van der Waals surface area contributed by atoms with Gasteiger partial charge < -0.3 is 35.3 Å². The van der Waals surface area contributed by atoms with Crippen LogP contribution in [0.4, 0.5) is 17.5 Å². The Morgan fingerprint density at radius 2 is 0.891 bits per heavy atom. The van der Waals surface area contributed by atoms with Gasteiger partial charge in [-0.25, -0.2) is 4.79 Å². The number of ether oxygens (including phenoxy) is 4. The molecule has 0 fully saturated rings. The highest BCUT2D eigenvalue weighted by atomic mass is 16.5. The van der Waals surface area contributed by atoms with Crippen molar-refractivity contribution in [1.29, 1.82) is 0 Å². The van der Waals surface area contributed by atoms with Gasteiger partial charge in [-0.2, -0.15) is 15.3 Å². The molecule has 0 aliphatic rings. The molecule has 3 heterocycles. The number of carbonyl (C=O) groups excluding carboxylic acids is 3. The van der Waals surface area contributed by atoms with Gasteiger partial charge in [0.15, 0.2) is 11.6 Å². The number of benzene rings is 3. The summed E-state index contributed by atoms with van der Waals surface area (Å²) in [4.78, 5) is 40.1. The molecule has 3 aromatic carbocycles. The fraction of sp³-hybridized carbons (Fsp3) is 0.231. The van der Waals surface area contributed by atoms with Crippen LogP contribution >= 0.6 is 0 Å². The Hall–Kier alpha value is -7.10. The largest absolute Gasteiger partial charge is 0.497 e. The highest BCUT2D eigenvalue weighted by molar-refractivity contribution is 6.06. The number of hydrogen-bond donors (Lipinski definition) is 3. The predicted molar refractivity (Wildman–Crippen MR) is 206 cm³/mol. The lowest BCUT2D eigenvalue weighted by atomic mass is 10.2. The maximum atomic E-state index is 13.9. The third kappa shape index (κ3) is 9.67. The van der Waals surface area contributed by atoms with Crippen LogP contribution in [0.2, 0.25) is 0 Å². The Balaban J connectivity index is 0.00000285. The molecule has 16 heteroatoms. The van der Waals surface area contributed by atoms with Crippen LogP contribution in [0.15, 0.2) is 91.0 Å². The molecule has 0 radical (unpaired) electrons. The van der Waals surface area contributed by atoms with Gasteiger partial charge in [-0.15, -0.1) is 0 Å². The molecule has 0 unspecified atom stereocenters. The molecule has 2 amide bonds. The first-order valence-electron chi connectivity index (χ1n) is 17.2. The standard InChI is InChI=1S/C37H37N9O7.C2H6/c1-50-26-11-5-23(6-12-26)20-44-29(17-32(38)41-44)35(47)39-33-18-30(45(42-33)21-24-7-13-27(51-2)14-8-24)36(48)40-34-19-31(37(49)53-4)46(43-34)22-25-9-15-28(52-3)16-10-25;1-2/h5-19H,20-22H2,1-4H3,(H2,38,41)(H,39,42,47)(H,40,43,48);1-2H3. The lowest BCUT2D eigenvalue weighted by molar-refractivity contribution is 0.0587. The fourth-order valence-corrected chi connectivity index (χ4v) is 5.46. The van der Waals surface area contributed by atoms with Gasteiger partial charge in [-0.1, -0.05) is 50.2 Å². The third-order valence-electron chi connectivity index (χ3n) is 8.18. The normalized spacial score (nSPS) is 10.5. The number of nitrogens with two attached hydrogens (primary N) is 1. The predicted octanol–water partition coefficient (Wildman–Crippen LogP) is 5.35. The summed E-state index contributed by atoms with van der Waals surface area (Å²) in [5, 5.41) is 18.9. The minimum atomic E-state index is -0.632. The summed E-state index contributed by atoms with van der Waals surface area (Å²) < 4.78 is 25.1. The van der Waals surface area contributed by atoms with Crippen molar-refractivity contribution in [2.24, 2.45) is 0 Å². The van der Waals surface area contributed by atoms with Crippen LogP contribution in [0.5, 0.6) is 17.2 Å². The van der Waals surface area contributed by atoms with Crippen LogP contribution in [0.3, 0.4) is 0 Å². The van der Waals surface area contributed by atoms with Crippen LogP contribution in [0.1, 0.15) is 62.0 Å². The monoisotopic (exact) mass is 749 g/mol. The zero-order valence-corrected chi connectivity index (χ0v) is 31.4. The quantitative estimate of drug-likeness (QED) is 0.122. The van der Waals surface area contributed by atoms with E-state index in [1.807, 2.05) is 62.4 Å². The molecule has 16 nitrogen and oxygen atoms in total. The molecule has 0 aliphatic heterocycles. The van der Waals surface area contributed by atoms with Crippen LogP contribution in [-0.4, -0.2) is 75.6 Å². The number of anilines is 3. The molecule has 0 saturated heterocycles. The Kier molecular flexibility index (Phi) is 12.9. The van der Waals surface area contributed by atoms with E-state index in [0.717, 1.165) is 16.7 Å². The van der Waals surface area contributed by atoms with Gasteiger partial charge in [0.25, 0.3) is 11.8 Å². The number of esters is 1. The minimum Gasteiger partial charge on any atom is -0.497 e. The van der Waals surface area contributed by atoms with Crippen molar-refractivity contribution in [3.63, 3.8) is 0 Å². The van der Waals surface area contributed by atoms with Gasteiger partial charge in [0.1, 0.15) is 40.1 Å². The number of nitrogens with one attached hydrogen (secondary N) is 2. The molecular weight excluding hydrogens is 706 g/mol. The first-order chi connectivity index (χ1) is 26.7. The zero-order chi connectivity index (χ0) is 39.5. The number of methoxy groups -OCH3 is 4. The maximum Gasteiger partial charge on any atom is 0.356 e. The second kappa shape index (κ2) is 18.1. The smallest absolute Gasteiger partial charge is 0.356 e. The van der Waals surface area contributed by atoms with E-state index in [2.05, 4.69) is 25.9 Å². The number of carbonyl (C=O) groups is 3. The summed E-state index contributed by atoms with van der Waals surface area (Å²) >= 11 is 0. The Morgan fingerprint density at radius 1 is 0.545 bits per heavy atom. The number of nitrogens with zero attached hydrogens (tertiary/aromatic N) is 6. The van der Waals surface area contributed by atoms with Crippen molar-refractivity contribution in [2.45, 2.75) is 33.5 Å². The zero-order valence-electron chi connectivity index (χ0n) is 31.4. The summed E-state index contributed by atoms with van der Waals surface area (Å²) in [7, 11) is 5.99. The van der Waals surface area contributed by atoms with Gasteiger partial charge in [0.05, 0.1) is 48.1 Å².